The van der Waals surface area contributed by atoms with E-state index in [4.69, 9.17) is 0 Å². The number of carbonyl (C=O) groups excluding carboxylic acids is 2. The molecule has 0 amide bonds. The first-order chi connectivity index (χ1) is 23.4. The smallest absolute Gasteiger partial charge is 0.193 e. The van der Waals surface area contributed by atoms with Gasteiger partial charge in [-0.3, -0.25) is 9.59 Å². The molecule has 0 saturated carbocycles. The van der Waals surface area contributed by atoms with Crippen molar-refractivity contribution in [1.29, 1.82) is 0 Å². The van der Waals surface area contributed by atoms with Gasteiger partial charge in [0.05, 0.1) is 5.41 Å². The highest BCUT2D eigenvalue weighted by molar-refractivity contribution is 6.11. The molecule has 2 nitrogen and oxygen atoms in total. The summed E-state index contributed by atoms with van der Waals surface area (Å²) in [6.45, 7) is 13.1. The van der Waals surface area contributed by atoms with Gasteiger partial charge in [-0.2, -0.15) is 0 Å². The fraction of sp³-hybridized carbons (Fsp3) is 0.191. The summed E-state index contributed by atoms with van der Waals surface area (Å²) < 4.78 is 0. The highest BCUT2D eigenvalue weighted by atomic mass is 16.1. The Hall–Kier alpha value is -5.34. The number of benzene rings is 6. The van der Waals surface area contributed by atoms with Gasteiger partial charge in [-0.1, -0.05) is 163 Å². The van der Waals surface area contributed by atoms with Crippen molar-refractivity contribution in [2.45, 2.75) is 57.8 Å². The Morgan fingerprint density at radius 2 is 0.714 bits per heavy atom. The molecule has 1 spiro atoms. The molecule has 0 unspecified atom stereocenters. The highest BCUT2D eigenvalue weighted by Gasteiger charge is 2.52. The van der Waals surface area contributed by atoms with Crippen LogP contribution in [-0.4, -0.2) is 11.6 Å². The first-order valence-electron chi connectivity index (χ1n) is 17.2. The van der Waals surface area contributed by atoms with E-state index >= 15 is 0 Å². The van der Waals surface area contributed by atoms with Crippen LogP contribution in [0.2, 0.25) is 0 Å². The molecule has 6 aromatic carbocycles. The maximum absolute atomic E-state index is 14.1. The molecule has 0 atom stereocenters. The minimum absolute atomic E-state index is 0.00324. The summed E-state index contributed by atoms with van der Waals surface area (Å²) >= 11 is 0. The molecule has 8 rings (SSSR count). The van der Waals surface area contributed by atoms with E-state index in [1.807, 2.05) is 36.4 Å². The lowest BCUT2D eigenvalue weighted by molar-refractivity contribution is 0.103. The van der Waals surface area contributed by atoms with E-state index in [1.165, 1.54) is 22.3 Å². The predicted octanol–water partition coefficient (Wildman–Crippen LogP) is 11.1. The molecule has 2 aliphatic rings. The molecule has 0 bridgehead atoms. The van der Waals surface area contributed by atoms with Gasteiger partial charge >= 0.3 is 0 Å². The summed E-state index contributed by atoms with van der Waals surface area (Å²) in [6.07, 6.45) is 0. The summed E-state index contributed by atoms with van der Waals surface area (Å²) in [5, 5.41) is 0. The van der Waals surface area contributed by atoms with Crippen molar-refractivity contribution in [2.24, 2.45) is 0 Å². The van der Waals surface area contributed by atoms with Crippen molar-refractivity contribution in [3.8, 4) is 22.3 Å². The lowest BCUT2D eigenvalue weighted by Gasteiger charge is -2.31. The Morgan fingerprint density at radius 3 is 1.08 bits per heavy atom. The first-order valence-corrected chi connectivity index (χ1v) is 17.2. The molecule has 2 aliphatic carbocycles. The van der Waals surface area contributed by atoms with Gasteiger partial charge in [0.15, 0.2) is 11.6 Å². The summed E-state index contributed by atoms with van der Waals surface area (Å²) in [6, 6.07) is 45.6. The van der Waals surface area contributed by atoms with Crippen LogP contribution in [0.15, 0.2) is 133 Å². The average molecular weight is 637 g/mol. The SMILES string of the molecule is CC(C)(C)c1ccc(C(=O)c2ccc3c(c2)C2(c4ccccc4-3)c3ccccc3-c3ccc(C(=O)c4ccc(C(C)(C)C)cc4)cc32)cc1. The Labute approximate surface area is 289 Å². The molecule has 0 aromatic heterocycles. The molecule has 0 saturated heterocycles. The van der Waals surface area contributed by atoms with Crippen molar-refractivity contribution in [1.82, 2.24) is 0 Å². The number of fused-ring (bicyclic) bond motifs is 10. The van der Waals surface area contributed by atoms with Crippen molar-refractivity contribution in [3.05, 3.63) is 189 Å². The van der Waals surface area contributed by atoms with Gasteiger partial charge in [0.2, 0.25) is 0 Å². The summed E-state index contributed by atoms with van der Waals surface area (Å²) in [7, 11) is 0. The second-order valence-electron chi connectivity index (χ2n) is 15.7. The van der Waals surface area contributed by atoms with Gasteiger partial charge in [-0.15, -0.1) is 0 Å². The van der Waals surface area contributed by atoms with Crippen LogP contribution in [0.25, 0.3) is 22.3 Å². The third-order valence-electron chi connectivity index (χ3n) is 10.6. The van der Waals surface area contributed by atoms with Crippen LogP contribution < -0.4 is 0 Å². The topological polar surface area (TPSA) is 34.1 Å². The quantitative estimate of drug-likeness (QED) is 0.180. The minimum Gasteiger partial charge on any atom is -0.289 e. The monoisotopic (exact) mass is 636 g/mol. The van der Waals surface area contributed by atoms with Gasteiger partial charge < -0.3 is 0 Å². The largest absolute Gasteiger partial charge is 0.289 e. The molecular formula is C47H40O2. The zero-order valence-corrected chi connectivity index (χ0v) is 29.0. The van der Waals surface area contributed by atoms with Crippen molar-refractivity contribution in [3.63, 3.8) is 0 Å². The number of ketones is 2. The van der Waals surface area contributed by atoms with Crippen LogP contribution in [0.3, 0.4) is 0 Å². The van der Waals surface area contributed by atoms with E-state index in [1.54, 1.807) is 0 Å². The lowest BCUT2D eigenvalue weighted by atomic mass is 9.70. The fourth-order valence-corrected chi connectivity index (χ4v) is 8.00. The van der Waals surface area contributed by atoms with Crippen molar-refractivity contribution in [2.75, 3.05) is 0 Å². The third-order valence-corrected chi connectivity index (χ3v) is 10.6. The normalized spacial score (nSPS) is 13.8. The highest BCUT2D eigenvalue weighted by Crippen LogP contribution is 2.63. The number of hydrogen-bond donors (Lipinski definition) is 0. The van der Waals surface area contributed by atoms with E-state index in [2.05, 4.69) is 139 Å². The molecule has 0 heterocycles. The van der Waals surface area contributed by atoms with E-state index < -0.39 is 5.41 Å². The molecule has 0 N–H and O–H groups in total. The minimum atomic E-state index is -0.670. The molecule has 6 aromatic rings. The molecule has 49 heavy (non-hydrogen) atoms. The maximum atomic E-state index is 14.1. The van der Waals surface area contributed by atoms with Gasteiger partial charge in [-0.05, 0) is 78.6 Å². The second kappa shape index (κ2) is 10.8. The molecule has 0 aliphatic heterocycles. The summed E-state index contributed by atoms with van der Waals surface area (Å²) in [5.74, 6) is 0.00649. The zero-order chi connectivity index (χ0) is 34.3. The second-order valence-corrected chi connectivity index (χ2v) is 15.7. The Kier molecular flexibility index (Phi) is 6.85. The van der Waals surface area contributed by atoms with E-state index in [9.17, 15) is 9.59 Å². The van der Waals surface area contributed by atoms with Gasteiger partial charge in [-0.25, -0.2) is 0 Å². The standard InChI is InChI=1S/C47H40O2/c1-45(2,3)33-21-15-29(16-22-33)43(48)31-19-25-37-35-11-7-9-13-39(35)47(41(37)27-31)40-14-10-8-12-36(40)38-26-20-32(28-42(38)47)44(49)30-17-23-34(24-18-30)46(4,5)6/h7-28H,1-6H3. The Morgan fingerprint density at radius 1 is 0.388 bits per heavy atom. The summed E-state index contributed by atoms with van der Waals surface area (Å²) in [4.78, 5) is 28.2. The zero-order valence-electron chi connectivity index (χ0n) is 29.0. The molecule has 2 heteroatoms. The Bertz CT molecular complexity index is 2140. The van der Waals surface area contributed by atoms with E-state index in [0.29, 0.717) is 22.3 Å². The summed E-state index contributed by atoms with van der Waals surface area (Å²) in [5.41, 5.74) is 13.5. The lowest BCUT2D eigenvalue weighted by Crippen LogP contribution is -2.26. The van der Waals surface area contributed by atoms with Crippen LogP contribution in [-0.2, 0) is 16.2 Å². The Balaban J connectivity index is 1.31. The predicted molar refractivity (Wildman–Crippen MR) is 200 cm³/mol. The number of carbonyl (C=O) groups is 2. The van der Waals surface area contributed by atoms with Crippen LogP contribution in [0.1, 0.15) is 107 Å². The van der Waals surface area contributed by atoms with Gasteiger partial charge in [0.1, 0.15) is 0 Å². The fourth-order valence-electron chi connectivity index (χ4n) is 8.00. The van der Waals surface area contributed by atoms with Gasteiger partial charge in [0, 0.05) is 22.3 Å². The molecule has 0 radical (unpaired) electrons. The molecular weight excluding hydrogens is 597 g/mol. The van der Waals surface area contributed by atoms with Crippen molar-refractivity contribution < 1.29 is 9.59 Å². The maximum Gasteiger partial charge on any atom is 0.193 e. The van der Waals surface area contributed by atoms with Crippen LogP contribution in [0.5, 0.6) is 0 Å². The van der Waals surface area contributed by atoms with Crippen LogP contribution in [0, 0.1) is 0 Å². The third kappa shape index (κ3) is 4.69. The van der Waals surface area contributed by atoms with E-state index in [-0.39, 0.29) is 22.4 Å². The van der Waals surface area contributed by atoms with Crippen LogP contribution in [0.4, 0.5) is 0 Å². The first kappa shape index (κ1) is 31.0. The van der Waals surface area contributed by atoms with Crippen molar-refractivity contribution >= 4 is 11.6 Å². The van der Waals surface area contributed by atoms with Crippen LogP contribution >= 0.6 is 0 Å². The molecule has 240 valence electrons. The molecule has 0 fully saturated rings. The number of hydrogen-bond acceptors (Lipinski definition) is 2. The van der Waals surface area contributed by atoms with E-state index in [0.717, 1.165) is 33.4 Å². The average Bonchev–Trinajstić information content (AvgIpc) is 3.57. The van der Waals surface area contributed by atoms with Gasteiger partial charge in [0.25, 0.3) is 0 Å². The number of rotatable bonds is 4.